The smallest absolute Gasteiger partial charge is 0.242 e. The molecule has 0 amide bonds. The second-order valence-electron chi connectivity index (χ2n) is 7.43. The standard InChI is InChI=1S/C21H19N5O5S/c22-10-13-4-1-2-6-18(13)32(27,28)26-16-12-31-19-15(11-30-20(16)19)25-21-23-8-7-14(24-21)17-5-3-9-29-17/h1-9,15-16,19-20,26H,11-12H2,(H,23,24,25)/t15-,16-,19+,20+/m0/s1. The minimum Gasteiger partial charge on any atom is -0.463 e. The summed E-state index contributed by atoms with van der Waals surface area (Å²) >= 11 is 0. The molecule has 4 atom stereocenters. The van der Waals surface area contributed by atoms with Gasteiger partial charge in [-0.05, 0) is 30.3 Å². The Labute approximate surface area is 184 Å². The Morgan fingerprint density at radius 1 is 1.03 bits per heavy atom. The molecule has 0 bridgehead atoms. The van der Waals surface area contributed by atoms with E-state index in [4.69, 9.17) is 13.9 Å². The lowest BCUT2D eigenvalue weighted by atomic mass is 10.1. The summed E-state index contributed by atoms with van der Waals surface area (Å²) in [5.41, 5.74) is 0.716. The Bertz CT molecular complexity index is 1260. The summed E-state index contributed by atoms with van der Waals surface area (Å²) in [6.07, 6.45) is 2.33. The maximum atomic E-state index is 12.9. The van der Waals surface area contributed by atoms with Gasteiger partial charge in [0.25, 0.3) is 0 Å². The Hall–Kier alpha value is -3.30. The van der Waals surface area contributed by atoms with Gasteiger partial charge in [0.05, 0.1) is 42.0 Å². The molecular weight excluding hydrogens is 434 g/mol. The first-order chi connectivity index (χ1) is 15.5. The van der Waals surface area contributed by atoms with E-state index in [1.807, 2.05) is 12.1 Å². The van der Waals surface area contributed by atoms with Crippen LogP contribution in [0.5, 0.6) is 0 Å². The van der Waals surface area contributed by atoms with Crippen LogP contribution in [-0.2, 0) is 19.5 Å². The zero-order valence-electron chi connectivity index (χ0n) is 16.7. The van der Waals surface area contributed by atoms with Crippen LogP contribution in [-0.4, -0.2) is 55.9 Å². The second-order valence-corrected chi connectivity index (χ2v) is 9.11. The number of hydrogen-bond acceptors (Lipinski definition) is 9. The highest BCUT2D eigenvalue weighted by molar-refractivity contribution is 7.89. The Kier molecular flexibility index (Phi) is 5.36. The lowest BCUT2D eigenvalue weighted by molar-refractivity contribution is 0.0690. The largest absolute Gasteiger partial charge is 0.463 e. The average Bonchev–Trinajstić information content (AvgIpc) is 3.54. The molecule has 0 unspecified atom stereocenters. The number of anilines is 1. The van der Waals surface area contributed by atoms with E-state index >= 15 is 0 Å². The number of aromatic nitrogens is 2. The van der Waals surface area contributed by atoms with Crippen LogP contribution in [0.15, 0.2) is 64.2 Å². The van der Waals surface area contributed by atoms with Crippen LogP contribution in [0.25, 0.3) is 11.5 Å². The van der Waals surface area contributed by atoms with Gasteiger partial charge in [0.15, 0.2) is 5.76 Å². The van der Waals surface area contributed by atoms with Crippen molar-refractivity contribution in [2.75, 3.05) is 18.5 Å². The average molecular weight is 453 g/mol. The summed E-state index contributed by atoms with van der Waals surface area (Å²) in [5.74, 6) is 1.02. The van der Waals surface area contributed by atoms with E-state index in [0.29, 0.717) is 24.0 Å². The van der Waals surface area contributed by atoms with Gasteiger partial charge < -0.3 is 19.2 Å². The molecule has 0 radical (unpaired) electrons. The van der Waals surface area contributed by atoms with Gasteiger partial charge in [0, 0.05) is 6.20 Å². The van der Waals surface area contributed by atoms with Gasteiger partial charge in [-0.3, -0.25) is 0 Å². The number of ether oxygens (including phenoxy) is 2. The molecular formula is C21H19N5O5S. The number of rotatable bonds is 6. The number of furan rings is 1. The van der Waals surface area contributed by atoms with E-state index in [1.54, 1.807) is 36.7 Å². The van der Waals surface area contributed by atoms with Gasteiger partial charge in [0.2, 0.25) is 16.0 Å². The summed E-state index contributed by atoms with van der Waals surface area (Å²) in [6, 6.07) is 12.5. The normalized spacial score (nSPS) is 24.7. The van der Waals surface area contributed by atoms with E-state index in [2.05, 4.69) is 20.0 Å². The van der Waals surface area contributed by atoms with Gasteiger partial charge in [-0.2, -0.15) is 5.26 Å². The molecule has 1 aromatic carbocycles. The SMILES string of the molecule is N#Cc1ccccc1S(=O)(=O)N[C@H]1CO[C@H]2[C@@H]1OC[C@@H]2Nc1nccc(-c2ccco2)n1. The fourth-order valence-corrected chi connectivity index (χ4v) is 5.32. The summed E-state index contributed by atoms with van der Waals surface area (Å²) in [4.78, 5) is 8.64. The van der Waals surface area contributed by atoms with Crippen LogP contribution in [0.1, 0.15) is 5.56 Å². The number of sulfonamides is 1. The molecule has 0 aliphatic carbocycles. The zero-order valence-corrected chi connectivity index (χ0v) is 17.5. The summed E-state index contributed by atoms with van der Waals surface area (Å²) in [7, 11) is -3.92. The minimum atomic E-state index is -3.92. The zero-order chi connectivity index (χ0) is 22.1. The highest BCUT2D eigenvalue weighted by Gasteiger charge is 2.49. The number of nitrogens with zero attached hydrogens (tertiary/aromatic N) is 3. The van der Waals surface area contributed by atoms with E-state index in [-0.39, 0.29) is 29.2 Å². The van der Waals surface area contributed by atoms with Crippen LogP contribution in [0.4, 0.5) is 5.95 Å². The fraction of sp³-hybridized carbons (Fsp3) is 0.286. The fourth-order valence-electron chi connectivity index (χ4n) is 3.94. The highest BCUT2D eigenvalue weighted by atomic mass is 32.2. The molecule has 5 rings (SSSR count). The van der Waals surface area contributed by atoms with Crippen molar-refractivity contribution in [3.05, 3.63) is 60.5 Å². The first kappa shape index (κ1) is 20.6. The molecule has 2 aliphatic heterocycles. The van der Waals surface area contributed by atoms with Crippen molar-refractivity contribution in [1.29, 1.82) is 5.26 Å². The third-order valence-corrected chi connectivity index (χ3v) is 6.95. The third kappa shape index (κ3) is 3.85. The number of hydrogen-bond donors (Lipinski definition) is 2. The Morgan fingerprint density at radius 3 is 2.59 bits per heavy atom. The quantitative estimate of drug-likeness (QED) is 0.569. The van der Waals surface area contributed by atoms with Crippen LogP contribution < -0.4 is 10.0 Å². The van der Waals surface area contributed by atoms with Gasteiger partial charge in [-0.1, -0.05) is 12.1 Å². The summed E-state index contributed by atoms with van der Waals surface area (Å²) in [5, 5.41) is 12.4. The van der Waals surface area contributed by atoms with Gasteiger partial charge >= 0.3 is 0 Å². The molecule has 0 spiro atoms. The van der Waals surface area contributed by atoms with E-state index in [9.17, 15) is 13.7 Å². The van der Waals surface area contributed by atoms with Crippen molar-refractivity contribution >= 4 is 16.0 Å². The summed E-state index contributed by atoms with van der Waals surface area (Å²) < 4.78 is 45.4. The first-order valence-electron chi connectivity index (χ1n) is 9.93. The molecule has 164 valence electrons. The van der Waals surface area contributed by atoms with Gasteiger partial charge in [-0.15, -0.1) is 0 Å². The summed E-state index contributed by atoms with van der Waals surface area (Å²) in [6.45, 7) is 0.450. The minimum absolute atomic E-state index is 0.0678. The van der Waals surface area contributed by atoms with Crippen molar-refractivity contribution in [3.63, 3.8) is 0 Å². The lowest BCUT2D eigenvalue weighted by Crippen LogP contribution is -2.44. The number of nitriles is 1. The van der Waals surface area contributed by atoms with Crippen molar-refractivity contribution < 1.29 is 22.3 Å². The molecule has 2 N–H and O–H groups in total. The Morgan fingerprint density at radius 2 is 1.81 bits per heavy atom. The van der Waals surface area contributed by atoms with E-state index in [0.717, 1.165) is 0 Å². The topological polar surface area (TPSA) is 139 Å². The van der Waals surface area contributed by atoms with Crippen molar-refractivity contribution in [3.8, 4) is 17.5 Å². The van der Waals surface area contributed by atoms with Crippen molar-refractivity contribution in [1.82, 2.24) is 14.7 Å². The molecule has 0 saturated carbocycles. The third-order valence-electron chi connectivity index (χ3n) is 5.40. The Balaban J connectivity index is 1.28. The van der Waals surface area contributed by atoms with Crippen molar-refractivity contribution in [2.24, 2.45) is 0 Å². The molecule has 2 aromatic heterocycles. The molecule has 2 aliphatic rings. The highest BCUT2D eigenvalue weighted by Crippen LogP contribution is 2.30. The maximum Gasteiger partial charge on any atom is 0.242 e. The van der Waals surface area contributed by atoms with Crippen LogP contribution in [0.2, 0.25) is 0 Å². The van der Waals surface area contributed by atoms with Crippen LogP contribution in [0, 0.1) is 11.3 Å². The van der Waals surface area contributed by atoms with E-state index in [1.165, 1.54) is 12.1 Å². The second kappa shape index (κ2) is 8.33. The first-order valence-corrected chi connectivity index (χ1v) is 11.4. The van der Waals surface area contributed by atoms with Gasteiger partial charge in [-0.25, -0.2) is 23.1 Å². The number of fused-ring (bicyclic) bond motifs is 1. The van der Waals surface area contributed by atoms with Crippen LogP contribution >= 0.6 is 0 Å². The molecule has 4 heterocycles. The van der Waals surface area contributed by atoms with E-state index < -0.39 is 22.2 Å². The molecule has 2 saturated heterocycles. The maximum absolute atomic E-state index is 12.9. The van der Waals surface area contributed by atoms with Crippen LogP contribution in [0.3, 0.4) is 0 Å². The predicted octanol–water partition coefficient (Wildman–Crippen LogP) is 1.53. The lowest BCUT2D eigenvalue weighted by Gasteiger charge is -2.18. The monoisotopic (exact) mass is 453 g/mol. The molecule has 2 fully saturated rings. The molecule has 32 heavy (non-hydrogen) atoms. The molecule has 3 aromatic rings. The number of nitrogens with one attached hydrogen (secondary N) is 2. The van der Waals surface area contributed by atoms with Gasteiger partial charge in [0.1, 0.15) is 24.0 Å². The molecule has 11 heteroatoms. The predicted molar refractivity (Wildman–Crippen MR) is 112 cm³/mol. The van der Waals surface area contributed by atoms with Crippen molar-refractivity contribution in [2.45, 2.75) is 29.2 Å². The molecule has 10 nitrogen and oxygen atoms in total. The number of benzene rings is 1.